The average molecular weight is 264 g/mol. The van der Waals surface area contributed by atoms with Crippen LogP contribution < -0.4 is 5.32 Å². The van der Waals surface area contributed by atoms with Crippen molar-refractivity contribution < 1.29 is 14.7 Å². The van der Waals surface area contributed by atoms with E-state index in [-0.39, 0.29) is 17.8 Å². The molecule has 2 rings (SSSR count). The molecule has 7 heteroatoms. The smallest absolute Gasteiger partial charge is 0.306 e. The Kier molecular flexibility index (Phi) is 3.73. The number of rotatable bonds is 3. The van der Waals surface area contributed by atoms with E-state index in [4.69, 9.17) is 5.11 Å². The van der Waals surface area contributed by atoms with Gasteiger partial charge in [-0.15, -0.1) is 5.10 Å². The first-order valence-corrected chi connectivity index (χ1v) is 6.19. The predicted molar refractivity (Wildman–Crippen MR) is 66.4 cm³/mol. The summed E-state index contributed by atoms with van der Waals surface area (Å²) in [5, 5.41) is 19.2. The van der Waals surface area contributed by atoms with E-state index < -0.39 is 11.9 Å². The van der Waals surface area contributed by atoms with Gasteiger partial charge in [0.2, 0.25) is 11.9 Å². The number of aromatic nitrogens is 3. The van der Waals surface area contributed by atoms with Crippen LogP contribution in [-0.4, -0.2) is 32.2 Å². The lowest BCUT2D eigenvalue weighted by molar-refractivity contribution is -0.141. The fourth-order valence-electron chi connectivity index (χ4n) is 2.17. The summed E-state index contributed by atoms with van der Waals surface area (Å²) in [4.78, 5) is 26.9. The molecule has 1 heterocycles. The van der Waals surface area contributed by atoms with Crippen molar-refractivity contribution in [3.05, 3.63) is 11.4 Å². The second kappa shape index (κ2) is 5.29. The fourth-order valence-corrected chi connectivity index (χ4v) is 2.17. The van der Waals surface area contributed by atoms with Crippen LogP contribution in [0.5, 0.6) is 0 Å². The summed E-state index contributed by atoms with van der Waals surface area (Å²) in [6.45, 7) is 3.57. The summed E-state index contributed by atoms with van der Waals surface area (Å²) in [5.74, 6) is -1.60. The Morgan fingerprint density at radius 1 is 1.16 bits per heavy atom. The van der Waals surface area contributed by atoms with E-state index in [2.05, 4.69) is 20.5 Å². The van der Waals surface area contributed by atoms with Gasteiger partial charge in [-0.25, -0.2) is 4.98 Å². The van der Waals surface area contributed by atoms with Gasteiger partial charge in [-0.3, -0.25) is 14.9 Å². The van der Waals surface area contributed by atoms with Crippen LogP contribution >= 0.6 is 0 Å². The monoisotopic (exact) mass is 264 g/mol. The fraction of sp³-hybridized carbons (Fsp3) is 0.583. The molecule has 0 bridgehead atoms. The van der Waals surface area contributed by atoms with Crippen LogP contribution in [0.3, 0.4) is 0 Å². The Bertz CT molecular complexity index is 518. The highest BCUT2D eigenvalue weighted by molar-refractivity contribution is 5.91. The quantitative estimate of drug-likeness (QED) is 0.841. The summed E-state index contributed by atoms with van der Waals surface area (Å²) in [6.07, 6.45) is 1.50. The number of carboxylic acids is 1. The highest BCUT2D eigenvalue weighted by Crippen LogP contribution is 2.31. The molecule has 0 aliphatic heterocycles. The van der Waals surface area contributed by atoms with Crippen molar-refractivity contribution in [2.75, 3.05) is 5.32 Å². The summed E-state index contributed by atoms with van der Waals surface area (Å²) in [5.41, 5.74) is 1.42. The number of aliphatic carboxylic acids is 1. The molecule has 1 aromatic rings. The zero-order valence-electron chi connectivity index (χ0n) is 10.9. The Morgan fingerprint density at radius 2 is 1.84 bits per heavy atom. The van der Waals surface area contributed by atoms with Gasteiger partial charge < -0.3 is 5.11 Å². The third kappa shape index (κ3) is 3.04. The Labute approximate surface area is 110 Å². The molecule has 1 saturated carbocycles. The summed E-state index contributed by atoms with van der Waals surface area (Å²) < 4.78 is 0. The van der Waals surface area contributed by atoms with Gasteiger partial charge in [0.1, 0.15) is 0 Å². The molecule has 0 spiro atoms. The van der Waals surface area contributed by atoms with Gasteiger partial charge in [-0.1, -0.05) is 0 Å². The number of anilines is 1. The average Bonchev–Trinajstić information content (AvgIpc) is 2.83. The molecule has 0 radical (unpaired) electrons. The number of hydrogen-bond acceptors (Lipinski definition) is 5. The van der Waals surface area contributed by atoms with Crippen molar-refractivity contribution in [2.24, 2.45) is 11.8 Å². The molecule has 0 unspecified atom stereocenters. The number of carbonyl (C=O) groups is 2. The molecular formula is C12H16N4O3. The zero-order valence-corrected chi connectivity index (χ0v) is 10.9. The van der Waals surface area contributed by atoms with Gasteiger partial charge in [-0.05, 0) is 33.1 Å². The number of nitrogens with one attached hydrogen (secondary N) is 1. The van der Waals surface area contributed by atoms with Crippen LogP contribution in [0.25, 0.3) is 0 Å². The van der Waals surface area contributed by atoms with Crippen LogP contribution in [-0.2, 0) is 9.59 Å². The molecule has 1 fully saturated rings. The van der Waals surface area contributed by atoms with Crippen molar-refractivity contribution in [3.63, 3.8) is 0 Å². The number of nitrogens with zero attached hydrogens (tertiary/aromatic N) is 3. The number of carboxylic acid groups (broad SMARTS) is 1. The topological polar surface area (TPSA) is 105 Å². The maximum absolute atomic E-state index is 12.0. The van der Waals surface area contributed by atoms with Gasteiger partial charge in [-0.2, -0.15) is 5.10 Å². The second-order valence-electron chi connectivity index (χ2n) is 4.84. The van der Waals surface area contributed by atoms with E-state index in [1.807, 2.05) is 0 Å². The molecule has 1 aliphatic carbocycles. The van der Waals surface area contributed by atoms with Crippen LogP contribution in [0.1, 0.15) is 30.7 Å². The molecule has 2 atom stereocenters. The second-order valence-corrected chi connectivity index (χ2v) is 4.84. The SMILES string of the molecule is Cc1nnc(NC(=O)[C@@H]2CC[C@H](C(=O)O)C2)nc1C. The Hall–Kier alpha value is -2.05. The molecule has 0 saturated heterocycles. The molecule has 2 N–H and O–H groups in total. The largest absolute Gasteiger partial charge is 0.481 e. The maximum atomic E-state index is 12.0. The van der Waals surface area contributed by atoms with E-state index in [1.54, 1.807) is 13.8 Å². The van der Waals surface area contributed by atoms with E-state index >= 15 is 0 Å². The molecule has 0 aromatic carbocycles. The van der Waals surface area contributed by atoms with Crippen LogP contribution in [0, 0.1) is 25.7 Å². The summed E-state index contributed by atoms with van der Waals surface area (Å²) >= 11 is 0. The highest BCUT2D eigenvalue weighted by Gasteiger charge is 2.34. The first-order valence-electron chi connectivity index (χ1n) is 6.19. The van der Waals surface area contributed by atoms with Crippen LogP contribution in [0.2, 0.25) is 0 Å². The molecular weight excluding hydrogens is 248 g/mol. The van der Waals surface area contributed by atoms with Crippen molar-refractivity contribution in [1.29, 1.82) is 0 Å². The molecule has 1 aliphatic rings. The van der Waals surface area contributed by atoms with E-state index in [0.717, 1.165) is 0 Å². The molecule has 102 valence electrons. The van der Waals surface area contributed by atoms with Crippen molar-refractivity contribution in [2.45, 2.75) is 33.1 Å². The number of hydrogen-bond donors (Lipinski definition) is 2. The van der Waals surface area contributed by atoms with Gasteiger partial charge in [0.05, 0.1) is 17.3 Å². The van der Waals surface area contributed by atoms with Gasteiger partial charge in [0.25, 0.3) is 0 Å². The molecule has 7 nitrogen and oxygen atoms in total. The zero-order chi connectivity index (χ0) is 14.0. The highest BCUT2D eigenvalue weighted by atomic mass is 16.4. The first-order chi connectivity index (χ1) is 8.97. The van der Waals surface area contributed by atoms with Crippen LogP contribution in [0.4, 0.5) is 5.95 Å². The van der Waals surface area contributed by atoms with Crippen molar-refractivity contribution in [1.82, 2.24) is 15.2 Å². The maximum Gasteiger partial charge on any atom is 0.306 e. The molecule has 1 amide bonds. The number of carbonyl (C=O) groups excluding carboxylic acids is 1. The molecule has 19 heavy (non-hydrogen) atoms. The minimum absolute atomic E-state index is 0.173. The van der Waals surface area contributed by atoms with Crippen molar-refractivity contribution in [3.8, 4) is 0 Å². The minimum atomic E-state index is -0.834. The predicted octanol–water partition coefficient (Wildman–Crippen LogP) is 0.928. The minimum Gasteiger partial charge on any atom is -0.481 e. The Balaban J connectivity index is 1.98. The van der Waals surface area contributed by atoms with E-state index in [0.29, 0.717) is 30.7 Å². The van der Waals surface area contributed by atoms with Crippen LogP contribution in [0.15, 0.2) is 0 Å². The van der Waals surface area contributed by atoms with Gasteiger partial charge in [0, 0.05) is 5.92 Å². The normalized spacial score (nSPS) is 22.2. The van der Waals surface area contributed by atoms with E-state index in [9.17, 15) is 9.59 Å². The lowest BCUT2D eigenvalue weighted by Gasteiger charge is -2.09. The van der Waals surface area contributed by atoms with Gasteiger partial charge in [0.15, 0.2) is 0 Å². The summed E-state index contributed by atoms with van der Waals surface area (Å²) in [6, 6.07) is 0. The number of aryl methyl sites for hydroxylation is 2. The Morgan fingerprint density at radius 3 is 2.42 bits per heavy atom. The number of amides is 1. The summed E-state index contributed by atoms with van der Waals surface area (Å²) in [7, 11) is 0. The first kappa shape index (κ1) is 13.4. The third-order valence-corrected chi connectivity index (χ3v) is 3.48. The lowest BCUT2D eigenvalue weighted by Crippen LogP contribution is -2.23. The standard InChI is InChI=1S/C12H16N4O3/c1-6-7(2)15-16-12(13-6)14-10(17)8-3-4-9(5-8)11(18)19/h8-9H,3-5H2,1-2H3,(H,18,19)(H,13,14,16,17)/t8-,9+/m1/s1. The molecule has 1 aromatic heterocycles. The van der Waals surface area contributed by atoms with Crippen molar-refractivity contribution >= 4 is 17.8 Å². The lowest BCUT2D eigenvalue weighted by atomic mass is 10.0. The van der Waals surface area contributed by atoms with E-state index in [1.165, 1.54) is 0 Å². The van der Waals surface area contributed by atoms with Gasteiger partial charge >= 0.3 is 5.97 Å². The third-order valence-electron chi connectivity index (χ3n) is 3.48.